The predicted molar refractivity (Wildman–Crippen MR) is 85.9 cm³/mol. The van der Waals surface area contributed by atoms with Gasteiger partial charge >= 0.3 is 0 Å². The van der Waals surface area contributed by atoms with Gasteiger partial charge in [0, 0.05) is 24.2 Å². The van der Waals surface area contributed by atoms with Gasteiger partial charge in [-0.15, -0.1) is 0 Å². The van der Waals surface area contributed by atoms with E-state index in [-0.39, 0.29) is 28.6 Å². The quantitative estimate of drug-likeness (QED) is 0.823. The number of nitrogens with two attached hydrogens (primary N) is 1. The van der Waals surface area contributed by atoms with E-state index in [0.717, 1.165) is 0 Å². The number of nitrogens with one attached hydrogen (secondary N) is 1. The molecule has 7 heteroatoms. The van der Waals surface area contributed by atoms with Gasteiger partial charge in [-0.05, 0) is 37.3 Å². The first kappa shape index (κ1) is 16.9. The normalized spacial score (nSPS) is 11.8. The van der Waals surface area contributed by atoms with E-state index in [2.05, 4.69) is 10.3 Å². The van der Waals surface area contributed by atoms with Crippen molar-refractivity contribution in [1.29, 1.82) is 0 Å². The largest absolute Gasteiger partial charge is 0.382 e. The molecule has 0 fully saturated rings. The van der Waals surface area contributed by atoms with Crippen LogP contribution in [0.2, 0.25) is 5.02 Å². The molecule has 3 N–H and O–H groups in total. The summed E-state index contributed by atoms with van der Waals surface area (Å²) in [4.78, 5) is 27.9. The number of pyridine rings is 1. The highest BCUT2D eigenvalue weighted by Crippen LogP contribution is 2.17. The van der Waals surface area contributed by atoms with Crippen LogP contribution in [0, 0.1) is 5.82 Å². The topological polar surface area (TPSA) is 85.1 Å². The molecule has 2 rings (SSSR count). The van der Waals surface area contributed by atoms with Crippen LogP contribution in [0.1, 0.15) is 34.1 Å². The lowest BCUT2D eigenvalue weighted by atomic mass is 10.0. The first-order valence-corrected chi connectivity index (χ1v) is 7.25. The summed E-state index contributed by atoms with van der Waals surface area (Å²) in [6, 6.07) is 6.27. The summed E-state index contributed by atoms with van der Waals surface area (Å²) in [5.74, 6) is -0.858. The van der Waals surface area contributed by atoms with Crippen LogP contribution in [0.15, 0.2) is 36.5 Å². The van der Waals surface area contributed by atoms with Crippen molar-refractivity contribution in [3.63, 3.8) is 0 Å². The number of nitrogen functional groups attached to an aromatic ring is 1. The van der Waals surface area contributed by atoms with E-state index < -0.39 is 17.8 Å². The van der Waals surface area contributed by atoms with Crippen LogP contribution >= 0.6 is 11.6 Å². The molecule has 0 unspecified atom stereocenters. The van der Waals surface area contributed by atoms with Gasteiger partial charge in [0.05, 0.1) is 10.6 Å². The number of hydrogen-bond donors (Lipinski definition) is 2. The minimum Gasteiger partial charge on any atom is -0.382 e. The molecule has 0 radical (unpaired) electrons. The minimum absolute atomic E-state index is 0.0908. The summed E-state index contributed by atoms with van der Waals surface area (Å²) < 4.78 is 12.8. The summed E-state index contributed by atoms with van der Waals surface area (Å²) in [6.45, 7) is 1.70. The molecule has 0 saturated carbocycles. The number of aromatic nitrogens is 1. The van der Waals surface area contributed by atoms with E-state index in [4.69, 9.17) is 17.3 Å². The van der Waals surface area contributed by atoms with Gasteiger partial charge in [0.25, 0.3) is 5.91 Å². The molecule has 1 aromatic heterocycles. The number of rotatable bonds is 5. The average Bonchev–Trinajstić information content (AvgIpc) is 2.50. The maximum absolute atomic E-state index is 12.8. The Kier molecular flexibility index (Phi) is 5.28. The number of anilines is 1. The van der Waals surface area contributed by atoms with Gasteiger partial charge in [-0.3, -0.25) is 9.59 Å². The Morgan fingerprint density at radius 2 is 1.96 bits per heavy atom. The molecule has 1 heterocycles. The van der Waals surface area contributed by atoms with Gasteiger partial charge in [-0.2, -0.15) is 0 Å². The molecule has 120 valence electrons. The number of halogens is 2. The number of nitrogens with zero attached hydrogens (tertiary/aromatic N) is 1. The molecular formula is C16H15ClFN3O2. The van der Waals surface area contributed by atoms with Crippen molar-refractivity contribution >= 4 is 29.1 Å². The van der Waals surface area contributed by atoms with Crippen LogP contribution in [0.4, 0.5) is 10.2 Å². The molecule has 23 heavy (non-hydrogen) atoms. The summed E-state index contributed by atoms with van der Waals surface area (Å²) in [5.41, 5.74) is 6.13. The van der Waals surface area contributed by atoms with Gasteiger partial charge < -0.3 is 11.1 Å². The van der Waals surface area contributed by atoms with E-state index in [0.29, 0.717) is 5.56 Å². The van der Waals surface area contributed by atoms with Crippen LogP contribution < -0.4 is 11.1 Å². The van der Waals surface area contributed by atoms with Crippen LogP contribution in [0.3, 0.4) is 0 Å². The van der Waals surface area contributed by atoms with Crippen LogP contribution in [0.25, 0.3) is 0 Å². The van der Waals surface area contributed by atoms with Gasteiger partial charge in [0.2, 0.25) is 0 Å². The third-order valence-electron chi connectivity index (χ3n) is 3.17. The average molecular weight is 336 g/mol. The fourth-order valence-corrected chi connectivity index (χ4v) is 2.13. The van der Waals surface area contributed by atoms with Gasteiger partial charge in [-0.1, -0.05) is 11.6 Å². The Bertz CT molecular complexity index is 735. The Balaban J connectivity index is 1.97. The number of hydrogen-bond acceptors (Lipinski definition) is 4. The van der Waals surface area contributed by atoms with Crippen molar-refractivity contribution < 1.29 is 14.0 Å². The lowest BCUT2D eigenvalue weighted by Gasteiger charge is -2.13. The molecular weight excluding hydrogens is 321 g/mol. The number of ketones is 1. The Morgan fingerprint density at radius 1 is 1.30 bits per heavy atom. The van der Waals surface area contributed by atoms with Gasteiger partial charge in [0.1, 0.15) is 11.6 Å². The number of carbonyl (C=O) groups excluding carboxylic acids is 2. The van der Waals surface area contributed by atoms with Gasteiger partial charge in [0.15, 0.2) is 5.78 Å². The molecule has 0 aliphatic rings. The molecule has 0 spiro atoms. The number of amides is 1. The summed E-state index contributed by atoms with van der Waals surface area (Å²) in [7, 11) is 0. The third-order valence-corrected chi connectivity index (χ3v) is 3.47. The summed E-state index contributed by atoms with van der Waals surface area (Å²) in [5, 5.41) is 2.87. The van der Waals surface area contributed by atoms with Crippen molar-refractivity contribution in [2.45, 2.75) is 19.4 Å². The molecule has 0 bridgehead atoms. The lowest BCUT2D eigenvalue weighted by Crippen LogP contribution is -2.34. The standard InChI is InChI=1S/C16H15ClFN3O2/c1-9(6-14(22)10-2-4-12(18)5-3-10)21-16(23)11-7-13(17)15(19)20-8-11/h2-5,7-9H,6H2,1H3,(H2,19,20)(H,21,23)/t9-/m1/s1. The molecule has 1 atom stereocenters. The zero-order valence-electron chi connectivity index (χ0n) is 12.3. The molecule has 0 saturated heterocycles. The second-order valence-corrected chi connectivity index (χ2v) is 5.51. The maximum Gasteiger partial charge on any atom is 0.253 e. The molecule has 0 aliphatic carbocycles. The molecule has 1 aromatic carbocycles. The predicted octanol–water partition coefficient (Wildman–Crippen LogP) is 2.85. The van der Waals surface area contributed by atoms with E-state index in [1.165, 1.54) is 36.5 Å². The van der Waals surface area contributed by atoms with Crippen molar-refractivity contribution in [1.82, 2.24) is 10.3 Å². The van der Waals surface area contributed by atoms with Crippen LogP contribution in [-0.2, 0) is 0 Å². The van der Waals surface area contributed by atoms with Crippen LogP contribution in [0.5, 0.6) is 0 Å². The fourth-order valence-electron chi connectivity index (χ4n) is 1.96. The van der Waals surface area contributed by atoms with E-state index >= 15 is 0 Å². The SMILES string of the molecule is C[C@H](CC(=O)c1ccc(F)cc1)NC(=O)c1cnc(N)c(Cl)c1. The van der Waals surface area contributed by atoms with E-state index in [1.807, 2.05) is 0 Å². The molecule has 2 aromatic rings. The molecule has 1 amide bonds. The van der Waals surface area contributed by atoms with Crippen molar-refractivity contribution in [2.24, 2.45) is 0 Å². The Morgan fingerprint density at radius 3 is 2.57 bits per heavy atom. The highest BCUT2D eigenvalue weighted by atomic mass is 35.5. The van der Waals surface area contributed by atoms with E-state index in [1.54, 1.807) is 6.92 Å². The lowest BCUT2D eigenvalue weighted by molar-refractivity contribution is 0.0918. The van der Waals surface area contributed by atoms with Crippen molar-refractivity contribution in [3.05, 3.63) is 58.5 Å². The maximum atomic E-state index is 12.8. The molecule has 5 nitrogen and oxygen atoms in total. The number of benzene rings is 1. The Hall–Kier alpha value is -2.47. The third kappa shape index (κ3) is 4.50. The van der Waals surface area contributed by atoms with E-state index in [9.17, 15) is 14.0 Å². The zero-order chi connectivity index (χ0) is 17.0. The van der Waals surface area contributed by atoms with Crippen molar-refractivity contribution in [3.8, 4) is 0 Å². The van der Waals surface area contributed by atoms with Crippen LogP contribution in [-0.4, -0.2) is 22.7 Å². The zero-order valence-corrected chi connectivity index (χ0v) is 13.1. The van der Waals surface area contributed by atoms with Gasteiger partial charge in [-0.25, -0.2) is 9.37 Å². The minimum atomic E-state index is -0.407. The molecule has 0 aliphatic heterocycles. The highest BCUT2D eigenvalue weighted by Gasteiger charge is 2.15. The Labute approximate surface area is 137 Å². The highest BCUT2D eigenvalue weighted by molar-refractivity contribution is 6.33. The number of carbonyl (C=O) groups is 2. The van der Waals surface area contributed by atoms with Crippen molar-refractivity contribution in [2.75, 3.05) is 5.73 Å². The first-order valence-electron chi connectivity index (χ1n) is 6.87. The first-order chi connectivity index (χ1) is 10.9. The fraction of sp³-hybridized carbons (Fsp3) is 0.188. The number of Topliss-reactive ketones (excluding diaryl/α,β-unsaturated/α-hetero) is 1. The second-order valence-electron chi connectivity index (χ2n) is 5.10. The second kappa shape index (κ2) is 7.19. The summed E-state index contributed by atoms with van der Waals surface area (Å²) >= 11 is 5.82. The smallest absolute Gasteiger partial charge is 0.253 e. The monoisotopic (exact) mass is 335 g/mol. The summed E-state index contributed by atoms with van der Waals surface area (Å²) in [6.07, 6.45) is 1.40.